The number of anilines is 1. The maximum atomic E-state index is 12.4. The van der Waals surface area contributed by atoms with Crippen LogP contribution < -0.4 is 20.5 Å². The molecule has 1 aliphatic heterocycles. The lowest BCUT2D eigenvalue weighted by molar-refractivity contribution is -0.125. The lowest BCUT2D eigenvalue weighted by atomic mass is 10.2. The number of para-hydroxylation sites is 2. The van der Waals surface area contributed by atoms with Crippen LogP contribution in [0.25, 0.3) is 11.3 Å². The molecule has 4 N–H and O–H groups in total. The zero-order valence-corrected chi connectivity index (χ0v) is 14.2. The zero-order valence-electron chi connectivity index (χ0n) is 13.4. The van der Waals surface area contributed by atoms with E-state index < -0.39 is 12.0 Å². The Kier molecular flexibility index (Phi) is 4.05. The van der Waals surface area contributed by atoms with E-state index in [4.69, 9.17) is 15.2 Å². The molecule has 2 aromatic heterocycles. The van der Waals surface area contributed by atoms with Gasteiger partial charge in [-0.15, -0.1) is 11.3 Å². The maximum Gasteiger partial charge on any atom is 0.270 e. The molecule has 3 aromatic rings. The van der Waals surface area contributed by atoms with Gasteiger partial charge in [-0.2, -0.15) is 0 Å². The highest BCUT2D eigenvalue weighted by molar-refractivity contribution is 7.14. The number of ether oxygens (including phenoxy) is 2. The molecule has 4 rings (SSSR count). The fraction of sp³-hybridized carbons (Fsp3) is 0.118. The van der Waals surface area contributed by atoms with Gasteiger partial charge in [0.05, 0.1) is 5.69 Å². The number of thiazole rings is 1. The van der Waals surface area contributed by atoms with Crippen molar-refractivity contribution in [1.29, 1.82) is 0 Å². The van der Waals surface area contributed by atoms with Gasteiger partial charge < -0.3 is 20.2 Å². The minimum atomic E-state index is -0.758. The highest BCUT2D eigenvalue weighted by Crippen LogP contribution is 2.31. The number of nitrogens with one attached hydrogen (secondary N) is 2. The normalized spacial score (nSPS) is 15.5. The summed E-state index contributed by atoms with van der Waals surface area (Å²) in [5.74, 6) is 0.262. The van der Waals surface area contributed by atoms with E-state index in [2.05, 4.69) is 15.3 Å². The van der Waals surface area contributed by atoms with Crippen molar-refractivity contribution in [2.24, 2.45) is 5.73 Å². The highest BCUT2D eigenvalue weighted by atomic mass is 32.1. The third kappa shape index (κ3) is 3.11. The summed E-state index contributed by atoms with van der Waals surface area (Å²) in [5.41, 5.74) is 6.85. The van der Waals surface area contributed by atoms with E-state index in [1.54, 1.807) is 29.8 Å². The smallest absolute Gasteiger partial charge is 0.270 e. The molecule has 0 unspecified atom stereocenters. The Morgan fingerprint density at radius 1 is 1.31 bits per heavy atom. The fourth-order valence-electron chi connectivity index (χ4n) is 2.48. The number of fused-ring (bicyclic) bond motifs is 1. The van der Waals surface area contributed by atoms with Crippen molar-refractivity contribution in [3.05, 3.63) is 47.6 Å². The number of hydrogen-bond donors (Lipinski definition) is 3. The quantitative estimate of drug-likeness (QED) is 0.649. The van der Waals surface area contributed by atoms with Gasteiger partial charge in [0.15, 0.2) is 16.6 Å². The number of nitrogens with two attached hydrogens (primary N) is 1. The summed E-state index contributed by atoms with van der Waals surface area (Å²) in [6.07, 6.45) is 0.876. The molecule has 3 heterocycles. The Hall–Kier alpha value is -3.33. The summed E-state index contributed by atoms with van der Waals surface area (Å²) < 4.78 is 11.2. The van der Waals surface area contributed by atoms with Crippen LogP contribution in [0.4, 0.5) is 5.13 Å². The lowest BCUT2D eigenvalue weighted by Gasteiger charge is -2.25. The van der Waals surface area contributed by atoms with E-state index >= 15 is 0 Å². The largest absolute Gasteiger partial charge is 0.485 e. The van der Waals surface area contributed by atoms with Gasteiger partial charge in [-0.05, 0) is 18.2 Å². The van der Waals surface area contributed by atoms with Crippen LogP contribution in [0.5, 0.6) is 11.5 Å². The Bertz CT molecular complexity index is 981. The van der Waals surface area contributed by atoms with Crippen molar-refractivity contribution in [1.82, 2.24) is 9.97 Å². The average molecular weight is 370 g/mol. The monoisotopic (exact) mass is 370 g/mol. The molecule has 0 saturated heterocycles. The Labute approximate surface area is 152 Å². The van der Waals surface area contributed by atoms with Gasteiger partial charge in [-0.25, -0.2) is 4.98 Å². The third-order valence-electron chi connectivity index (χ3n) is 3.78. The summed E-state index contributed by atoms with van der Waals surface area (Å²) in [6.45, 7) is 0.126. The SMILES string of the molecule is NC(=O)c1cc(-c2csc(NC(=O)[C@@H]3COc4ccccc4O3)n2)c[nH]1. The number of benzene rings is 1. The van der Waals surface area contributed by atoms with Gasteiger partial charge >= 0.3 is 0 Å². The lowest BCUT2D eigenvalue weighted by Crippen LogP contribution is -2.40. The number of rotatable bonds is 4. The number of primary amides is 1. The number of aromatic amines is 1. The maximum absolute atomic E-state index is 12.4. The van der Waals surface area contributed by atoms with Crippen LogP contribution in [-0.4, -0.2) is 34.5 Å². The number of nitrogens with zero attached hydrogens (tertiary/aromatic N) is 1. The van der Waals surface area contributed by atoms with E-state index in [1.807, 2.05) is 12.1 Å². The van der Waals surface area contributed by atoms with Crippen molar-refractivity contribution in [3.8, 4) is 22.8 Å². The average Bonchev–Trinajstić information content (AvgIpc) is 3.30. The molecule has 8 nitrogen and oxygen atoms in total. The number of aromatic nitrogens is 2. The first-order valence-corrected chi connectivity index (χ1v) is 8.61. The van der Waals surface area contributed by atoms with E-state index in [0.717, 1.165) is 0 Å². The second-order valence-corrected chi connectivity index (χ2v) is 6.42. The minimum absolute atomic E-state index is 0.126. The van der Waals surface area contributed by atoms with Gasteiger partial charge in [0.2, 0.25) is 6.10 Å². The summed E-state index contributed by atoms with van der Waals surface area (Å²) >= 11 is 1.27. The van der Waals surface area contributed by atoms with Crippen LogP contribution in [-0.2, 0) is 4.79 Å². The first-order chi connectivity index (χ1) is 12.6. The van der Waals surface area contributed by atoms with Crippen LogP contribution >= 0.6 is 11.3 Å². The van der Waals surface area contributed by atoms with Crippen LogP contribution in [0.15, 0.2) is 41.9 Å². The summed E-state index contributed by atoms with van der Waals surface area (Å²) in [6, 6.07) is 8.79. The van der Waals surface area contributed by atoms with Crippen molar-refractivity contribution in [2.75, 3.05) is 11.9 Å². The second-order valence-electron chi connectivity index (χ2n) is 5.56. The number of carbonyl (C=O) groups is 2. The fourth-order valence-corrected chi connectivity index (χ4v) is 3.21. The Balaban J connectivity index is 1.44. The van der Waals surface area contributed by atoms with E-state index in [1.165, 1.54) is 11.3 Å². The number of H-pyrrole nitrogens is 1. The van der Waals surface area contributed by atoms with Crippen molar-refractivity contribution < 1.29 is 19.1 Å². The first kappa shape index (κ1) is 16.2. The standard InChI is InChI=1S/C17H14N4O4S/c18-15(22)10-5-9(6-19-10)11-8-26-17(20-11)21-16(23)14-7-24-12-3-1-2-4-13(12)25-14/h1-6,8,14,19H,7H2,(H2,18,22)(H,20,21,23)/t14-/m0/s1. The van der Waals surface area contributed by atoms with Crippen LogP contribution in [0.1, 0.15) is 10.5 Å². The predicted octanol–water partition coefficient (Wildman–Crippen LogP) is 2.02. The summed E-state index contributed by atoms with van der Waals surface area (Å²) in [5, 5.41) is 4.92. The Morgan fingerprint density at radius 3 is 2.88 bits per heavy atom. The molecule has 2 amide bonds. The number of carbonyl (C=O) groups excluding carboxylic acids is 2. The minimum Gasteiger partial charge on any atom is -0.485 e. The van der Waals surface area contributed by atoms with Gasteiger partial charge in [-0.3, -0.25) is 14.9 Å². The molecular formula is C17H14N4O4S. The van der Waals surface area contributed by atoms with Gasteiger partial charge in [-0.1, -0.05) is 12.1 Å². The highest BCUT2D eigenvalue weighted by Gasteiger charge is 2.28. The second kappa shape index (κ2) is 6.52. The van der Waals surface area contributed by atoms with Crippen molar-refractivity contribution in [2.45, 2.75) is 6.10 Å². The topological polar surface area (TPSA) is 119 Å². The predicted molar refractivity (Wildman–Crippen MR) is 95.4 cm³/mol. The van der Waals surface area contributed by atoms with Crippen LogP contribution in [0.3, 0.4) is 0 Å². The molecule has 1 atom stereocenters. The van der Waals surface area contributed by atoms with Crippen LogP contribution in [0, 0.1) is 0 Å². The molecule has 9 heteroatoms. The zero-order chi connectivity index (χ0) is 18.1. The van der Waals surface area contributed by atoms with E-state index in [-0.39, 0.29) is 12.5 Å². The van der Waals surface area contributed by atoms with Crippen LogP contribution in [0.2, 0.25) is 0 Å². The van der Waals surface area contributed by atoms with Gasteiger partial charge in [0.25, 0.3) is 11.8 Å². The molecule has 0 radical (unpaired) electrons. The van der Waals surface area contributed by atoms with Crippen molar-refractivity contribution in [3.63, 3.8) is 0 Å². The molecule has 1 aromatic carbocycles. The molecule has 0 fully saturated rings. The number of amides is 2. The summed E-state index contributed by atoms with van der Waals surface area (Å²) in [4.78, 5) is 30.7. The molecule has 26 heavy (non-hydrogen) atoms. The molecule has 1 aliphatic rings. The van der Waals surface area contributed by atoms with Crippen molar-refractivity contribution >= 4 is 28.3 Å². The van der Waals surface area contributed by atoms with Gasteiger partial charge in [0.1, 0.15) is 12.3 Å². The molecule has 0 bridgehead atoms. The molecular weight excluding hydrogens is 356 g/mol. The van der Waals surface area contributed by atoms with Gasteiger partial charge in [0, 0.05) is 17.1 Å². The van der Waals surface area contributed by atoms with E-state index in [0.29, 0.717) is 33.6 Å². The molecule has 0 aliphatic carbocycles. The molecule has 132 valence electrons. The van der Waals surface area contributed by atoms with E-state index in [9.17, 15) is 9.59 Å². The third-order valence-corrected chi connectivity index (χ3v) is 4.54. The number of hydrogen-bond acceptors (Lipinski definition) is 6. The first-order valence-electron chi connectivity index (χ1n) is 7.73. The Morgan fingerprint density at radius 2 is 2.12 bits per heavy atom. The summed E-state index contributed by atoms with van der Waals surface area (Å²) in [7, 11) is 0. The molecule has 0 saturated carbocycles. The molecule has 0 spiro atoms.